The van der Waals surface area contributed by atoms with Gasteiger partial charge in [0.15, 0.2) is 17.8 Å². The number of oxazole rings is 1. The van der Waals surface area contributed by atoms with Gasteiger partial charge in [-0.05, 0) is 43.6 Å². The van der Waals surface area contributed by atoms with Gasteiger partial charge < -0.3 is 14.2 Å². The van der Waals surface area contributed by atoms with Gasteiger partial charge in [0.1, 0.15) is 11.3 Å². The number of benzene rings is 1. The second kappa shape index (κ2) is 6.86. The molecule has 1 aliphatic heterocycles. The van der Waals surface area contributed by atoms with Crippen LogP contribution in [0.1, 0.15) is 47.6 Å². The summed E-state index contributed by atoms with van der Waals surface area (Å²) < 4.78 is 11.6. The zero-order chi connectivity index (χ0) is 20.1. The lowest BCUT2D eigenvalue weighted by atomic mass is 9.92. The fourth-order valence-electron chi connectivity index (χ4n) is 4.08. The molecule has 1 N–H and O–H groups in total. The molecule has 1 amide bonds. The number of thiophene rings is 1. The molecule has 0 saturated carbocycles. The number of carbonyl (C=O) groups excluding carboxylic acids is 1. The molecule has 2 atom stereocenters. The average molecular weight is 407 g/mol. The van der Waals surface area contributed by atoms with Crippen LogP contribution in [-0.2, 0) is 0 Å². The van der Waals surface area contributed by atoms with Gasteiger partial charge >= 0.3 is 0 Å². The fraction of sp³-hybridized carbons (Fsp3) is 0.273. The Balaban J connectivity index is 1.49. The summed E-state index contributed by atoms with van der Waals surface area (Å²) in [7, 11) is 2.13. The maximum Gasteiger partial charge on any atom is 0.278 e. The summed E-state index contributed by atoms with van der Waals surface area (Å²) in [5.74, 6) is 1.58. The molecule has 1 aromatic carbocycles. The minimum atomic E-state index is -0.294. The van der Waals surface area contributed by atoms with Gasteiger partial charge in [-0.3, -0.25) is 9.69 Å². The van der Waals surface area contributed by atoms with Crippen molar-refractivity contribution in [3.8, 4) is 10.6 Å². The molecular formula is C22H21N3O3S. The molecule has 4 aromatic rings. The van der Waals surface area contributed by atoms with E-state index in [1.165, 1.54) is 23.3 Å². The van der Waals surface area contributed by atoms with Crippen LogP contribution in [0.25, 0.3) is 21.6 Å². The van der Waals surface area contributed by atoms with E-state index in [1.807, 2.05) is 35.7 Å². The quantitative estimate of drug-likeness (QED) is 0.485. The molecule has 7 heteroatoms. The number of anilines is 1. The van der Waals surface area contributed by atoms with Crippen molar-refractivity contribution < 1.29 is 13.6 Å². The number of fused-ring (bicyclic) bond motifs is 3. The molecule has 0 fully saturated rings. The molecule has 6 nitrogen and oxygen atoms in total. The maximum absolute atomic E-state index is 12.9. The summed E-state index contributed by atoms with van der Waals surface area (Å²) in [5.41, 5.74) is 3.04. The lowest BCUT2D eigenvalue weighted by molar-refractivity contribution is 0.102. The topological polar surface area (TPSA) is 71.5 Å². The molecule has 148 valence electrons. The number of nitrogens with one attached hydrogen (secondary N) is 1. The summed E-state index contributed by atoms with van der Waals surface area (Å²) >= 11 is 1.51. The van der Waals surface area contributed by atoms with Crippen LogP contribution in [-0.4, -0.2) is 29.4 Å². The lowest BCUT2D eigenvalue weighted by Gasteiger charge is -2.33. The van der Waals surface area contributed by atoms with Crippen LogP contribution in [0.15, 0.2) is 50.9 Å². The minimum absolute atomic E-state index is 0.259. The summed E-state index contributed by atoms with van der Waals surface area (Å²) in [6.07, 6.45) is 1.30. The van der Waals surface area contributed by atoms with Crippen molar-refractivity contribution >= 4 is 33.9 Å². The highest BCUT2D eigenvalue weighted by atomic mass is 32.1. The Morgan fingerprint density at radius 2 is 2.17 bits per heavy atom. The third-order valence-corrected chi connectivity index (χ3v) is 6.50. The van der Waals surface area contributed by atoms with E-state index in [9.17, 15) is 4.79 Å². The third-order valence-electron chi connectivity index (χ3n) is 5.63. The molecule has 3 aromatic heterocycles. The number of rotatable bonds is 3. The predicted octanol–water partition coefficient (Wildman–Crippen LogP) is 5.51. The summed E-state index contributed by atoms with van der Waals surface area (Å²) in [4.78, 5) is 20.2. The number of hydrogen-bond donors (Lipinski definition) is 1. The molecule has 2 unspecified atom stereocenters. The lowest BCUT2D eigenvalue weighted by Crippen LogP contribution is -2.31. The van der Waals surface area contributed by atoms with E-state index in [0.29, 0.717) is 17.4 Å². The SMILES string of the molecule is CC1CN(C)C(C)c2c1oc1ccc(NC(=O)c3ncoc3-c3cccs3)cc21. The monoisotopic (exact) mass is 407 g/mol. The second-order valence-corrected chi connectivity index (χ2v) is 8.52. The van der Waals surface area contributed by atoms with Crippen molar-refractivity contribution in [2.24, 2.45) is 0 Å². The van der Waals surface area contributed by atoms with Crippen molar-refractivity contribution in [1.82, 2.24) is 9.88 Å². The Morgan fingerprint density at radius 3 is 2.97 bits per heavy atom. The van der Waals surface area contributed by atoms with E-state index in [1.54, 1.807) is 0 Å². The Bertz CT molecular complexity index is 1190. The van der Waals surface area contributed by atoms with Crippen LogP contribution in [0.2, 0.25) is 0 Å². The predicted molar refractivity (Wildman–Crippen MR) is 113 cm³/mol. The highest BCUT2D eigenvalue weighted by Crippen LogP contribution is 2.42. The van der Waals surface area contributed by atoms with Crippen LogP contribution in [0.3, 0.4) is 0 Å². The van der Waals surface area contributed by atoms with Gasteiger partial charge in [-0.25, -0.2) is 4.98 Å². The molecule has 0 aliphatic carbocycles. The number of amides is 1. The van der Waals surface area contributed by atoms with E-state index < -0.39 is 0 Å². The van der Waals surface area contributed by atoms with Crippen molar-refractivity contribution in [3.05, 3.63) is 59.1 Å². The smallest absolute Gasteiger partial charge is 0.278 e. The minimum Gasteiger partial charge on any atom is -0.460 e. The van der Waals surface area contributed by atoms with Crippen molar-refractivity contribution in [2.45, 2.75) is 25.8 Å². The first-order chi connectivity index (χ1) is 14.0. The maximum atomic E-state index is 12.9. The Labute approximate surface area is 172 Å². The van der Waals surface area contributed by atoms with E-state index in [-0.39, 0.29) is 17.6 Å². The largest absolute Gasteiger partial charge is 0.460 e. The zero-order valence-corrected chi connectivity index (χ0v) is 17.2. The number of furan rings is 1. The van der Waals surface area contributed by atoms with Crippen LogP contribution in [0, 0.1) is 0 Å². The molecule has 4 heterocycles. The number of aromatic nitrogens is 1. The van der Waals surface area contributed by atoms with Crippen molar-refractivity contribution in [1.29, 1.82) is 0 Å². The van der Waals surface area contributed by atoms with Crippen molar-refractivity contribution in [3.63, 3.8) is 0 Å². The number of nitrogens with zero attached hydrogens (tertiary/aromatic N) is 2. The average Bonchev–Trinajstić information content (AvgIpc) is 3.44. The molecule has 1 aliphatic rings. The summed E-state index contributed by atoms with van der Waals surface area (Å²) in [6.45, 7) is 5.34. The molecule has 5 rings (SSSR count). The first kappa shape index (κ1) is 18.1. The highest BCUT2D eigenvalue weighted by Gasteiger charge is 2.31. The molecular weight excluding hydrogens is 386 g/mol. The Morgan fingerprint density at radius 1 is 1.31 bits per heavy atom. The van der Waals surface area contributed by atoms with Gasteiger partial charge in [0.2, 0.25) is 0 Å². The molecule has 0 spiro atoms. The summed E-state index contributed by atoms with van der Waals surface area (Å²) in [5, 5.41) is 5.94. The van der Waals surface area contributed by atoms with Gasteiger partial charge in [0.25, 0.3) is 5.91 Å². The number of hydrogen-bond acceptors (Lipinski definition) is 6. The third kappa shape index (κ3) is 2.97. The molecule has 29 heavy (non-hydrogen) atoms. The van der Waals surface area contributed by atoms with E-state index in [2.05, 4.69) is 36.1 Å². The van der Waals surface area contributed by atoms with Crippen LogP contribution >= 0.6 is 11.3 Å². The van der Waals surface area contributed by atoms with Crippen LogP contribution < -0.4 is 5.32 Å². The molecule has 0 bridgehead atoms. The van der Waals surface area contributed by atoms with Crippen LogP contribution in [0.4, 0.5) is 5.69 Å². The molecule has 0 saturated heterocycles. The number of carbonyl (C=O) groups is 1. The van der Waals surface area contributed by atoms with Gasteiger partial charge in [-0.1, -0.05) is 13.0 Å². The van der Waals surface area contributed by atoms with Crippen molar-refractivity contribution in [2.75, 3.05) is 18.9 Å². The van der Waals surface area contributed by atoms with Gasteiger partial charge in [-0.15, -0.1) is 11.3 Å². The number of likely N-dealkylation sites (N-methyl/N-ethyl adjacent to an activating group) is 1. The first-order valence-electron chi connectivity index (χ1n) is 9.58. The van der Waals surface area contributed by atoms with Gasteiger partial charge in [-0.2, -0.15) is 0 Å². The van der Waals surface area contributed by atoms with Crippen LogP contribution in [0.5, 0.6) is 0 Å². The Hall–Kier alpha value is -2.90. The highest BCUT2D eigenvalue weighted by molar-refractivity contribution is 7.13. The fourth-order valence-corrected chi connectivity index (χ4v) is 4.80. The molecule has 0 radical (unpaired) electrons. The van der Waals surface area contributed by atoms with Gasteiger partial charge in [0, 0.05) is 35.1 Å². The normalized spacial score (nSPS) is 19.4. The Kier molecular flexibility index (Phi) is 4.29. The van der Waals surface area contributed by atoms with E-state index in [4.69, 9.17) is 8.83 Å². The van der Waals surface area contributed by atoms with Gasteiger partial charge in [0.05, 0.1) is 4.88 Å². The zero-order valence-electron chi connectivity index (χ0n) is 16.4. The van der Waals surface area contributed by atoms with E-state index in [0.717, 1.165) is 28.2 Å². The summed E-state index contributed by atoms with van der Waals surface area (Å²) in [6, 6.07) is 9.85. The first-order valence-corrected chi connectivity index (χ1v) is 10.5. The van der Waals surface area contributed by atoms with E-state index >= 15 is 0 Å². The standard InChI is InChI=1S/C22H21N3O3S/c1-12-10-25(3)13(2)18-15-9-14(6-7-16(15)28-20(12)18)24-22(26)19-21(27-11-23-19)17-5-4-8-29-17/h4-9,11-13H,10H2,1-3H3,(H,24,26). The second-order valence-electron chi connectivity index (χ2n) is 7.57.